The minimum absolute atomic E-state index is 0.198. The number of hydrazine groups is 1. The number of benzene rings is 2. The lowest BCUT2D eigenvalue weighted by Crippen LogP contribution is -2.44. The molecular weight excluding hydrogens is 325 g/mol. The number of hydrogen-bond acceptors (Lipinski definition) is 2. The molecule has 1 amide bonds. The molecule has 0 saturated heterocycles. The standard InChI is InChI=1S/C15H13ClFN3OS/c16-11-3-1-10(2-4-11)9-14(21)19-20-15(22)18-13-7-5-12(17)6-8-13/h1-8H,9H2,(H,19,21)(H2,18,20,22). The highest BCUT2D eigenvalue weighted by molar-refractivity contribution is 7.80. The van der Waals surface area contributed by atoms with Crippen LogP contribution in [0.3, 0.4) is 0 Å². The van der Waals surface area contributed by atoms with Gasteiger partial charge in [-0.25, -0.2) is 4.39 Å². The summed E-state index contributed by atoms with van der Waals surface area (Å²) in [6.45, 7) is 0. The topological polar surface area (TPSA) is 53.2 Å². The number of carbonyl (C=O) groups is 1. The molecule has 0 atom stereocenters. The lowest BCUT2D eigenvalue weighted by Gasteiger charge is -2.11. The van der Waals surface area contributed by atoms with Crippen LogP contribution in [-0.2, 0) is 11.2 Å². The molecule has 3 N–H and O–H groups in total. The average molecular weight is 338 g/mol. The summed E-state index contributed by atoms with van der Waals surface area (Å²) in [4.78, 5) is 11.8. The van der Waals surface area contributed by atoms with E-state index in [1.807, 2.05) is 0 Å². The zero-order valence-corrected chi connectivity index (χ0v) is 13.0. The van der Waals surface area contributed by atoms with Gasteiger partial charge >= 0.3 is 0 Å². The van der Waals surface area contributed by atoms with Crippen LogP contribution in [0.5, 0.6) is 0 Å². The van der Waals surface area contributed by atoms with E-state index < -0.39 is 0 Å². The molecule has 0 heterocycles. The van der Waals surface area contributed by atoms with Crippen molar-refractivity contribution in [1.29, 1.82) is 0 Å². The normalized spacial score (nSPS) is 9.91. The van der Waals surface area contributed by atoms with Gasteiger partial charge in [0.2, 0.25) is 5.91 Å². The van der Waals surface area contributed by atoms with E-state index in [1.165, 1.54) is 12.1 Å². The van der Waals surface area contributed by atoms with Crippen molar-refractivity contribution in [2.24, 2.45) is 0 Å². The summed E-state index contributed by atoms with van der Waals surface area (Å²) in [7, 11) is 0. The molecule has 0 unspecified atom stereocenters. The Bertz CT molecular complexity index is 602. The summed E-state index contributed by atoms with van der Waals surface area (Å²) in [6.07, 6.45) is 0.198. The molecule has 2 rings (SSSR count). The summed E-state index contributed by atoms with van der Waals surface area (Å²) in [5, 5.41) is 3.64. The fraction of sp³-hybridized carbons (Fsp3) is 0.0667. The van der Waals surface area contributed by atoms with E-state index >= 15 is 0 Å². The van der Waals surface area contributed by atoms with Crippen molar-refractivity contribution in [3.63, 3.8) is 0 Å². The number of halogens is 2. The first kappa shape index (κ1) is 16.2. The molecule has 0 radical (unpaired) electrons. The third-order valence-corrected chi connectivity index (χ3v) is 3.15. The lowest BCUT2D eigenvalue weighted by molar-refractivity contribution is -0.120. The number of thiocarbonyl (C=S) groups is 1. The van der Waals surface area contributed by atoms with Gasteiger partial charge in [0.1, 0.15) is 5.82 Å². The molecule has 22 heavy (non-hydrogen) atoms. The van der Waals surface area contributed by atoms with Crippen molar-refractivity contribution >= 4 is 40.5 Å². The van der Waals surface area contributed by atoms with Crippen LogP contribution in [0.4, 0.5) is 10.1 Å². The van der Waals surface area contributed by atoms with Crippen molar-refractivity contribution < 1.29 is 9.18 Å². The largest absolute Gasteiger partial charge is 0.331 e. The van der Waals surface area contributed by atoms with Crippen LogP contribution >= 0.6 is 23.8 Å². The zero-order valence-electron chi connectivity index (χ0n) is 11.4. The molecule has 0 aliphatic heterocycles. The van der Waals surface area contributed by atoms with Crippen LogP contribution in [0.2, 0.25) is 5.02 Å². The highest BCUT2D eigenvalue weighted by Crippen LogP contribution is 2.10. The molecule has 0 aliphatic carbocycles. The van der Waals surface area contributed by atoms with Gasteiger partial charge in [0.05, 0.1) is 6.42 Å². The fourth-order valence-corrected chi connectivity index (χ4v) is 1.95. The molecule has 4 nitrogen and oxygen atoms in total. The molecule has 0 bridgehead atoms. The number of nitrogens with one attached hydrogen (secondary N) is 3. The van der Waals surface area contributed by atoms with E-state index in [-0.39, 0.29) is 23.3 Å². The van der Waals surface area contributed by atoms with Crippen LogP contribution in [0.25, 0.3) is 0 Å². The minimum Gasteiger partial charge on any atom is -0.331 e. The van der Waals surface area contributed by atoms with Gasteiger partial charge in [0.25, 0.3) is 0 Å². The second-order valence-electron chi connectivity index (χ2n) is 4.44. The first-order valence-electron chi connectivity index (χ1n) is 6.39. The highest BCUT2D eigenvalue weighted by atomic mass is 35.5. The highest BCUT2D eigenvalue weighted by Gasteiger charge is 2.04. The van der Waals surface area contributed by atoms with E-state index in [0.717, 1.165) is 5.56 Å². The van der Waals surface area contributed by atoms with Gasteiger partial charge in [-0.1, -0.05) is 23.7 Å². The van der Waals surface area contributed by atoms with Crippen LogP contribution < -0.4 is 16.2 Å². The number of amides is 1. The van der Waals surface area contributed by atoms with Gasteiger partial charge in [-0.05, 0) is 54.2 Å². The van der Waals surface area contributed by atoms with E-state index in [4.69, 9.17) is 23.8 Å². The summed E-state index contributed by atoms with van der Waals surface area (Å²) in [5.74, 6) is -0.578. The number of carbonyl (C=O) groups excluding carboxylic acids is 1. The molecule has 2 aromatic carbocycles. The van der Waals surface area contributed by atoms with Crippen molar-refractivity contribution in [3.8, 4) is 0 Å². The maximum atomic E-state index is 12.8. The first-order chi connectivity index (χ1) is 10.5. The van der Waals surface area contributed by atoms with Crippen molar-refractivity contribution in [2.75, 3.05) is 5.32 Å². The predicted molar refractivity (Wildman–Crippen MR) is 89.1 cm³/mol. The minimum atomic E-state index is -0.333. The molecular formula is C15H13ClFN3OS. The Morgan fingerprint density at radius 2 is 1.68 bits per heavy atom. The first-order valence-corrected chi connectivity index (χ1v) is 7.17. The summed E-state index contributed by atoms with van der Waals surface area (Å²) in [6, 6.07) is 12.7. The molecule has 2 aromatic rings. The Labute approximate surface area is 137 Å². The second kappa shape index (κ2) is 7.72. The molecule has 7 heteroatoms. The van der Waals surface area contributed by atoms with Crippen LogP contribution in [0.1, 0.15) is 5.56 Å². The van der Waals surface area contributed by atoms with Gasteiger partial charge in [-0.2, -0.15) is 0 Å². The smallest absolute Gasteiger partial charge is 0.242 e. The van der Waals surface area contributed by atoms with E-state index in [0.29, 0.717) is 10.7 Å². The predicted octanol–water partition coefficient (Wildman–Crippen LogP) is 3.04. The van der Waals surface area contributed by atoms with Crippen molar-refractivity contribution in [1.82, 2.24) is 10.9 Å². The van der Waals surface area contributed by atoms with Crippen molar-refractivity contribution in [2.45, 2.75) is 6.42 Å². The number of hydrogen-bond donors (Lipinski definition) is 3. The molecule has 0 aromatic heterocycles. The molecule has 0 fully saturated rings. The molecule has 0 spiro atoms. The van der Waals surface area contributed by atoms with Gasteiger partial charge < -0.3 is 5.32 Å². The molecule has 0 saturated carbocycles. The quantitative estimate of drug-likeness (QED) is 0.595. The fourth-order valence-electron chi connectivity index (χ4n) is 1.65. The SMILES string of the molecule is O=C(Cc1ccc(Cl)cc1)NNC(=S)Nc1ccc(F)cc1. The number of rotatable bonds is 3. The van der Waals surface area contributed by atoms with Crippen LogP contribution in [-0.4, -0.2) is 11.0 Å². The van der Waals surface area contributed by atoms with Crippen LogP contribution in [0, 0.1) is 5.82 Å². The van der Waals surface area contributed by atoms with E-state index in [9.17, 15) is 9.18 Å². The van der Waals surface area contributed by atoms with Crippen molar-refractivity contribution in [3.05, 3.63) is 64.9 Å². The Kier molecular flexibility index (Phi) is 5.68. The number of anilines is 1. The monoisotopic (exact) mass is 337 g/mol. The third-order valence-electron chi connectivity index (χ3n) is 2.70. The average Bonchev–Trinajstić information content (AvgIpc) is 2.50. The maximum Gasteiger partial charge on any atom is 0.242 e. The Balaban J connectivity index is 1.76. The van der Waals surface area contributed by atoms with Gasteiger partial charge in [0, 0.05) is 10.7 Å². The Morgan fingerprint density at radius 1 is 1.05 bits per heavy atom. The summed E-state index contributed by atoms with van der Waals surface area (Å²) in [5.41, 5.74) is 6.51. The van der Waals surface area contributed by atoms with Gasteiger partial charge in [-0.15, -0.1) is 0 Å². The Hall–Kier alpha value is -2.18. The Morgan fingerprint density at radius 3 is 2.32 bits per heavy atom. The molecule has 0 aliphatic rings. The van der Waals surface area contributed by atoms with Crippen LogP contribution in [0.15, 0.2) is 48.5 Å². The second-order valence-corrected chi connectivity index (χ2v) is 5.28. The van der Waals surface area contributed by atoms with E-state index in [1.54, 1.807) is 36.4 Å². The summed E-state index contributed by atoms with van der Waals surface area (Å²) >= 11 is 10.8. The summed E-state index contributed by atoms with van der Waals surface area (Å²) < 4.78 is 12.8. The third kappa shape index (κ3) is 5.31. The van der Waals surface area contributed by atoms with E-state index in [2.05, 4.69) is 16.2 Å². The lowest BCUT2D eigenvalue weighted by atomic mass is 10.1. The molecule has 114 valence electrons. The maximum absolute atomic E-state index is 12.8. The zero-order chi connectivity index (χ0) is 15.9. The van der Waals surface area contributed by atoms with Gasteiger partial charge in [0.15, 0.2) is 5.11 Å². The van der Waals surface area contributed by atoms with Gasteiger partial charge in [-0.3, -0.25) is 15.6 Å².